The summed E-state index contributed by atoms with van der Waals surface area (Å²) in [7, 11) is 0. The van der Waals surface area contributed by atoms with Gasteiger partial charge in [-0.1, -0.05) is 72.3 Å². The average molecular weight is 447 g/mol. The summed E-state index contributed by atoms with van der Waals surface area (Å²) >= 11 is 6.09. The van der Waals surface area contributed by atoms with Gasteiger partial charge in [0.25, 0.3) is 11.6 Å². The molecular formula is C24H19ClN4O3. The largest absolute Gasteiger partial charge is 0.348 e. The van der Waals surface area contributed by atoms with E-state index < -0.39 is 10.8 Å². The molecule has 0 fully saturated rings. The molecule has 0 radical (unpaired) electrons. The van der Waals surface area contributed by atoms with Gasteiger partial charge in [-0.2, -0.15) is 5.10 Å². The Hall–Kier alpha value is -3.97. The van der Waals surface area contributed by atoms with Crippen LogP contribution < -0.4 is 5.32 Å². The van der Waals surface area contributed by atoms with E-state index in [0.29, 0.717) is 6.54 Å². The van der Waals surface area contributed by atoms with Gasteiger partial charge in [0.15, 0.2) is 0 Å². The van der Waals surface area contributed by atoms with Gasteiger partial charge in [-0.25, -0.2) is 0 Å². The number of hydrogen-bond acceptors (Lipinski definition) is 4. The van der Waals surface area contributed by atoms with Crippen LogP contribution in [-0.4, -0.2) is 20.6 Å². The minimum Gasteiger partial charge on any atom is -0.348 e. The van der Waals surface area contributed by atoms with Gasteiger partial charge in [-0.3, -0.25) is 19.6 Å². The van der Waals surface area contributed by atoms with Crippen molar-refractivity contribution in [1.82, 2.24) is 15.1 Å². The zero-order valence-corrected chi connectivity index (χ0v) is 17.7. The number of nitrogens with one attached hydrogen (secondary N) is 1. The van der Waals surface area contributed by atoms with Gasteiger partial charge in [-0.05, 0) is 11.6 Å². The minimum atomic E-state index is -0.555. The van der Waals surface area contributed by atoms with Crippen molar-refractivity contribution >= 4 is 23.2 Å². The molecule has 0 unspecified atom stereocenters. The smallest absolute Gasteiger partial charge is 0.270 e. The van der Waals surface area contributed by atoms with E-state index in [1.807, 2.05) is 71.5 Å². The Morgan fingerprint density at radius 2 is 1.72 bits per heavy atom. The summed E-state index contributed by atoms with van der Waals surface area (Å²) in [5.41, 5.74) is 3.69. The zero-order valence-electron chi connectivity index (χ0n) is 16.9. The van der Waals surface area contributed by atoms with Crippen molar-refractivity contribution in [1.29, 1.82) is 0 Å². The van der Waals surface area contributed by atoms with Crippen LogP contribution in [0.3, 0.4) is 0 Å². The maximum atomic E-state index is 12.7. The molecule has 7 nitrogen and oxygen atoms in total. The van der Waals surface area contributed by atoms with E-state index in [-0.39, 0.29) is 22.8 Å². The van der Waals surface area contributed by atoms with E-state index in [1.165, 1.54) is 18.2 Å². The summed E-state index contributed by atoms with van der Waals surface area (Å²) in [5.74, 6) is -0.417. The van der Waals surface area contributed by atoms with Crippen LogP contribution in [0.4, 0.5) is 5.69 Å². The van der Waals surface area contributed by atoms with Crippen LogP contribution in [0.2, 0.25) is 5.02 Å². The number of rotatable bonds is 7. The zero-order chi connectivity index (χ0) is 22.5. The number of nitro groups is 1. The molecule has 32 heavy (non-hydrogen) atoms. The molecule has 0 spiro atoms. The van der Waals surface area contributed by atoms with Crippen molar-refractivity contribution in [3.05, 3.63) is 117 Å². The van der Waals surface area contributed by atoms with Crippen LogP contribution in [0.15, 0.2) is 85.1 Å². The summed E-state index contributed by atoms with van der Waals surface area (Å²) in [5, 5.41) is 18.5. The van der Waals surface area contributed by atoms with Crippen LogP contribution in [0, 0.1) is 10.1 Å². The van der Waals surface area contributed by atoms with Gasteiger partial charge in [0.1, 0.15) is 0 Å². The van der Waals surface area contributed by atoms with Crippen molar-refractivity contribution in [2.75, 3.05) is 0 Å². The highest BCUT2D eigenvalue weighted by Crippen LogP contribution is 2.24. The van der Waals surface area contributed by atoms with Crippen LogP contribution in [-0.2, 0) is 13.1 Å². The summed E-state index contributed by atoms with van der Waals surface area (Å²) in [6.07, 6.45) is 1.91. The lowest BCUT2D eigenvalue weighted by molar-refractivity contribution is -0.384. The third-order valence-electron chi connectivity index (χ3n) is 4.92. The molecule has 0 atom stereocenters. The first-order valence-electron chi connectivity index (χ1n) is 9.89. The summed E-state index contributed by atoms with van der Waals surface area (Å²) in [4.78, 5) is 23.0. The second kappa shape index (κ2) is 9.45. The normalized spacial score (nSPS) is 10.7. The van der Waals surface area contributed by atoms with Gasteiger partial charge in [0, 0.05) is 36.0 Å². The molecule has 1 aromatic heterocycles. The van der Waals surface area contributed by atoms with Crippen LogP contribution in [0.25, 0.3) is 11.3 Å². The van der Waals surface area contributed by atoms with Crippen LogP contribution in [0.1, 0.15) is 21.5 Å². The fourth-order valence-corrected chi connectivity index (χ4v) is 3.62. The molecule has 1 N–H and O–H groups in total. The highest BCUT2D eigenvalue weighted by atomic mass is 35.5. The molecule has 8 heteroatoms. The number of carbonyl (C=O) groups excluding carboxylic acids is 1. The number of aromatic nitrogens is 2. The second-order valence-corrected chi connectivity index (χ2v) is 7.56. The molecule has 1 heterocycles. The van der Waals surface area contributed by atoms with Gasteiger partial charge in [0.2, 0.25) is 0 Å². The van der Waals surface area contributed by atoms with Crippen molar-refractivity contribution in [2.45, 2.75) is 13.1 Å². The lowest BCUT2D eigenvalue weighted by Crippen LogP contribution is -2.23. The summed E-state index contributed by atoms with van der Waals surface area (Å²) in [6.45, 7) is 0.827. The molecule has 4 aromatic rings. The van der Waals surface area contributed by atoms with E-state index in [4.69, 9.17) is 16.7 Å². The van der Waals surface area contributed by atoms with Crippen molar-refractivity contribution < 1.29 is 9.72 Å². The average Bonchev–Trinajstić information content (AvgIpc) is 3.21. The molecule has 0 saturated carbocycles. The third-order valence-corrected chi connectivity index (χ3v) is 5.23. The lowest BCUT2D eigenvalue weighted by Gasteiger charge is -2.07. The Labute approximate surface area is 189 Å². The minimum absolute atomic E-state index is 0.0276. The topological polar surface area (TPSA) is 90.1 Å². The number of benzene rings is 3. The molecule has 0 aliphatic heterocycles. The number of amides is 1. The Morgan fingerprint density at radius 1 is 1.03 bits per heavy atom. The highest BCUT2D eigenvalue weighted by molar-refractivity contribution is 6.34. The van der Waals surface area contributed by atoms with Gasteiger partial charge < -0.3 is 5.32 Å². The maximum Gasteiger partial charge on any atom is 0.270 e. The Morgan fingerprint density at radius 3 is 2.38 bits per heavy atom. The Kier molecular flexibility index (Phi) is 6.28. The molecule has 0 aliphatic rings. The summed E-state index contributed by atoms with van der Waals surface area (Å²) < 4.78 is 1.85. The molecule has 0 aliphatic carbocycles. The number of halogens is 1. The number of nitrogens with zero attached hydrogens (tertiary/aromatic N) is 3. The number of nitro benzene ring substituents is 1. The Balaban J connectivity index is 1.57. The number of non-ortho nitro benzene ring substituents is 1. The molecule has 0 saturated heterocycles. The number of hydrogen-bond donors (Lipinski definition) is 1. The Bertz CT molecular complexity index is 1260. The van der Waals surface area contributed by atoms with E-state index in [0.717, 1.165) is 22.4 Å². The second-order valence-electron chi connectivity index (χ2n) is 7.16. The van der Waals surface area contributed by atoms with E-state index in [2.05, 4.69) is 5.32 Å². The predicted molar refractivity (Wildman–Crippen MR) is 122 cm³/mol. The van der Waals surface area contributed by atoms with Gasteiger partial charge in [0.05, 0.1) is 27.7 Å². The summed E-state index contributed by atoms with van der Waals surface area (Å²) in [6, 6.07) is 23.5. The first kappa shape index (κ1) is 21.3. The molecular weight excluding hydrogens is 428 g/mol. The van der Waals surface area contributed by atoms with Crippen molar-refractivity contribution in [3.63, 3.8) is 0 Å². The molecule has 3 aromatic carbocycles. The first-order valence-corrected chi connectivity index (χ1v) is 10.3. The van der Waals surface area contributed by atoms with Crippen LogP contribution in [0.5, 0.6) is 0 Å². The maximum absolute atomic E-state index is 12.7. The van der Waals surface area contributed by atoms with Gasteiger partial charge in [-0.15, -0.1) is 0 Å². The van der Waals surface area contributed by atoms with E-state index >= 15 is 0 Å². The van der Waals surface area contributed by atoms with Crippen molar-refractivity contribution in [3.8, 4) is 11.3 Å². The molecule has 4 rings (SSSR count). The van der Waals surface area contributed by atoms with Crippen LogP contribution >= 0.6 is 11.6 Å². The fraction of sp³-hybridized carbons (Fsp3) is 0.0833. The lowest BCUT2D eigenvalue weighted by atomic mass is 10.1. The van der Waals surface area contributed by atoms with Gasteiger partial charge >= 0.3 is 0 Å². The SMILES string of the molecule is O=C(NCc1cn(Cc2ccccc2)nc1-c1ccccc1)c1ccc([N+](=O)[O-])cc1Cl. The van der Waals surface area contributed by atoms with E-state index in [1.54, 1.807) is 0 Å². The third kappa shape index (κ3) is 4.84. The first-order chi connectivity index (χ1) is 15.5. The molecule has 0 bridgehead atoms. The molecule has 160 valence electrons. The quantitative estimate of drug-likeness (QED) is 0.316. The predicted octanol–water partition coefficient (Wildman–Crippen LogP) is 5.09. The fourth-order valence-electron chi connectivity index (χ4n) is 3.36. The monoisotopic (exact) mass is 446 g/mol. The van der Waals surface area contributed by atoms with Crippen molar-refractivity contribution in [2.24, 2.45) is 0 Å². The molecule has 1 amide bonds. The standard InChI is InChI=1S/C24H19ClN4O3/c25-22-13-20(29(31)32)11-12-21(22)24(30)26-14-19-16-28(15-17-7-3-1-4-8-17)27-23(19)18-9-5-2-6-10-18/h1-13,16H,14-15H2,(H,26,30). The number of carbonyl (C=O) groups is 1. The highest BCUT2D eigenvalue weighted by Gasteiger charge is 2.17. The van der Waals surface area contributed by atoms with E-state index in [9.17, 15) is 14.9 Å².